The first-order valence-electron chi connectivity index (χ1n) is 20.0. The number of hydrogen-bond acceptors (Lipinski definition) is 10. The van der Waals surface area contributed by atoms with Crippen LogP contribution in [0, 0.1) is 34.5 Å². The molecule has 0 spiro atoms. The molecule has 13 nitrogen and oxygen atoms in total. The summed E-state index contributed by atoms with van der Waals surface area (Å²) in [7, 11) is 0. The highest BCUT2D eigenvalue weighted by Crippen LogP contribution is 2.70. The SMILES string of the molecule is C[C@]12CC[C@H](OC(=O)CCC(=O)Nc3ccc(NC(=O)c4cccc(N5C(=O)C=CC5=O)c4)cc3)C[C@H]1CC[C@@H]1[C@@H]2C[C@@H](O)[C@]2(C)[C@@H](C3=CC(=O)OC3)CC[C@]12O. The monoisotopic (exact) mass is 779 g/mol. The van der Waals surface area contributed by atoms with E-state index in [1.54, 1.807) is 48.5 Å². The van der Waals surface area contributed by atoms with Crippen LogP contribution >= 0.6 is 0 Å². The lowest BCUT2D eigenvalue weighted by Crippen LogP contribution is -2.67. The van der Waals surface area contributed by atoms with Gasteiger partial charge in [-0.3, -0.25) is 24.0 Å². The number of imide groups is 1. The minimum atomic E-state index is -1.05. The fraction of sp³-hybridized carbons (Fsp3) is 0.500. The van der Waals surface area contributed by atoms with Gasteiger partial charge in [-0.1, -0.05) is 19.9 Å². The van der Waals surface area contributed by atoms with Gasteiger partial charge in [0.05, 0.1) is 23.8 Å². The predicted molar refractivity (Wildman–Crippen MR) is 207 cm³/mol. The first-order valence-corrected chi connectivity index (χ1v) is 20.0. The number of cyclic esters (lactones) is 1. The van der Waals surface area contributed by atoms with Crippen LogP contribution in [-0.2, 0) is 33.4 Å². The van der Waals surface area contributed by atoms with Crippen LogP contribution in [0.2, 0.25) is 0 Å². The lowest BCUT2D eigenvalue weighted by atomic mass is 9.42. The van der Waals surface area contributed by atoms with E-state index in [9.17, 15) is 39.0 Å². The number of amides is 4. The molecule has 4 saturated carbocycles. The van der Waals surface area contributed by atoms with Crippen LogP contribution in [0.1, 0.15) is 88.4 Å². The second-order valence-corrected chi connectivity index (χ2v) is 17.2. The predicted octanol–water partition coefficient (Wildman–Crippen LogP) is 5.23. The van der Waals surface area contributed by atoms with Crippen LogP contribution in [0.4, 0.5) is 17.1 Å². The molecule has 4 N–H and O–H groups in total. The van der Waals surface area contributed by atoms with Gasteiger partial charge in [-0.2, -0.15) is 0 Å². The molecule has 57 heavy (non-hydrogen) atoms. The minimum absolute atomic E-state index is 0.0341. The van der Waals surface area contributed by atoms with Crippen molar-refractivity contribution >= 4 is 52.6 Å². The van der Waals surface area contributed by atoms with Crippen molar-refractivity contribution in [3.05, 3.63) is 77.9 Å². The van der Waals surface area contributed by atoms with E-state index in [0.717, 1.165) is 29.7 Å². The summed E-state index contributed by atoms with van der Waals surface area (Å²) in [6.45, 7) is 4.52. The van der Waals surface area contributed by atoms with Crippen LogP contribution in [0.5, 0.6) is 0 Å². The first-order chi connectivity index (χ1) is 27.2. The van der Waals surface area contributed by atoms with E-state index in [4.69, 9.17) is 9.47 Å². The summed E-state index contributed by atoms with van der Waals surface area (Å²) >= 11 is 0. The Hall–Kier alpha value is -5.14. The molecule has 0 bridgehead atoms. The third kappa shape index (κ3) is 6.78. The zero-order valence-electron chi connectivity index (χ0n) is 32.2. The summed E-state index contributed by atoms with van der Waals surface area (Å²) < 4.78 is 11.1. The molecule has 2 aromatic carbocycles. The maximum atomic E-state index is 13.0. The Morgan fingerprint density at radius 2 is 1.60 bits per heavy atom. The summed E-state index contributed by atoms with van der Waals surface area (Å²) in [6.07, 6.45) is 8.60. The summed E-state index contributed by atoms with van der Waals surface area (Å²) in [4.78, 5) is 75.6. The third-order valence-corrected chi connectivity index (χ3v) is 14.5. The first kappa shape index (κ1) is 38.7. The van der Waals surface area contributed by atoms with Crippen LogP contribution < -0.4 is 15.5 Å². The molecule has 2 aliphatic heterocycles. The highest BCUT2D eigenvalue weighted by molar-refractivity contribution is 6.28. The molecule has 300 valence electrons. The van der Waals surface area contributed by atoms with Crippen molar-refractivity contribution in [2.24, 2.45) is 34.5 Å². The second kappa shape index (κ2) is 14.7. The molecule has 4 aliphatic carbocycles. The Bertz CT molecular complexity index is 2060. The maximum Gasteiger partial charge on any atom is 0.331 e. The third-order valence-electron chi connectivity index (χ3n) is 14.5. The summed E-state index contributed by atoms with van der Waals surface area (Å²) in [5, 5.41) is 29.8. The molecule has 9 atom stereocenters. The summed E-state index contributed by atoms with van der Waals surface area (Å²) in [5.41, 5.74) is 0.448. The molecule has 4 fully saturated rings. The van der Waals surface area contributed by atoms with Gasteiger partial charge in [0, 0.05) is 47.0 Å². The van der Waals surface area contributed by atoms with E-state index in [1.807, 2.05) is 6.92 Å². The van der Waals surface area contributed by atoms with E-state index in [2.05, 4.69) is 17.6 Å². The highest BCUT2D eigenvalue weighted by atomic mass is 16.5. The number of carbonyl (C=O) groups excluding carboxylic acids is 6. The molecule has 2 heterocycles. The average Bonchev–Trinajstić information content (AvgIpc) is 3.86. The van der Waals surface area contributed by atoms with Crippen molar-refractivity contribution in [3.63, 3.8) is 0 Å². The molecule has 0 radical (unpaired) electrons. The minimum Gasteiger partial charge on any atom is -0.462 e. The Morgan fingerprint density at radius 1 is 0.877 bits per heavy atom. The Morgan fingerprint density at radius 3 is 2.30 bits per heavy atom. The van der Waals surface area contributed by atoms with Gasteiger partial charge in [-0.25, -0.2) is 9.69 Å². The number of rotatable bonds is 9. The topological polar surface area (TPSA) is 189 Å². The number of fused-ring (bicyclic) bond motifs is 5. The zero-order valence-corrected chi connectivity index (χ0v) is 32.2. The fourth-order valence-corrected chi connectivity index (χ4v) is 11.4. The van der Waals surface area contributed by atoms with Gasteiger partial charge in [0.2, 0.25) is 5.91 Å². The van der Waals surface area contributed by atoms with Gasteiger partial charge in [0.15, 0.2) is 0 Å². The Kier molecular flexibility index (Phi) is 9.96. The number of aliphatic hydroxyl groups is 2. The van der Waals surface area contributed by atoms with Crippen molar-refractivity contribution < 1.29 is 48.5 Å². The molecule has 6 aliphatic rings. The number of nitrogens with zero attached hydrogens (tertiary/aromatic N) is 1. The molecule has 2 aromatic rings. The number of benzene rings is 2. The molecule has 0 saturated heterocycles. The van der Waals surface area contributed by atoms with Gasteiger partial charge in [-0.05, 0) is 128 Å². The fourth-order valence-electron chi connectivity index (χ4n) is 11.4. The number of nitrogens with one attached hydrogen (secondary N) is 2. The maximum absolute atomic E-state index is 13.0. The Balaban J connectivity index is 0.803. The van der Waals surface area contributed by atoms with Gasteiger partial charge in [0.1, 0.15) is 12.7 Å². The van der Waals surface area contributed by atoms with Crippen LogP contribution in [0.15, 0.2) is 72.3 Å². The smallest absolute Gasteiger partial charge is 0.331 e. The van der Waals surface area contributed by atoms with Crippen molar-refractivity contribution in [2.75, 3.05) is 22.1 Å². The average molecular weight is 780 g/mol. The van der Waals surface area contributed by atoms with E-state index in [1.165, 1.54) is 18.2 Å². The molecule has 0 unspecified atom stereocenters. The van der Waals surface area contributed by atoms with E-state index in [-0.39, 0.29) is 77.8 Å². The van der Waals surface area contributed by atoms with Gasteiger partial charge in [-0.15, -0.1) is 0 Å². The second-order valence-electron chi connectivity index (χ2n) is 17.2. The zero-order chi connectivity index (χ0) is 40.3. The number of hydrogen-bond donors (Lipinski definition) is 4. The number of carbonyl (C=O) groups is 6. The van der Waals surface area contributed by atoms with E-state index < -0.39 is 40.8 Å². The molecule has 4 amide bonds. The lowest BCUT2D eigenvalue weighted by Gasteiger charge is -2.65. The van der Waals surface area contributed by atoms with Gasteiger partial charge >= 0.3 is 11.9 Å². The summed E-state index contributed by atoms with van der Waals surface area (Å²) in [5.74, 6) is -2.21. The standard InChI is InChI=1S/C44H49N3O10/c1-42-18-16-31(22-27(42)6-11-33-34(42)23-35(48)43(2)32(17-19-44(33,43)55)26-21-40(53)56-24-26)57-39(52)15-12-36(49)45-28-7-9-29(10-8-28)46-41(54)25-4-3-5-30(20-25)47-37(50)13-14-38(47)51/h3-5,7-10,13-14,20-21,27,31-35,48,55H,6,11-12,15-19,22-24H2,1-2H3,(H,45,49)(H,46,54)/t27-,31+,32-,33-,34+,35-,42+,43+,44+/m1/s1. The lowest BCUT2D eigenvalue weighted by molar-refractivity contribution is -0.245. The number of ether oxygens (including phenoxy) is 2. The van der Waals surface area contributed by atoms with Crippen molar-refractivity contribution in [3.8, 4) is 0 Å². The van der Waals surface area contributed by atoms with Crippen LogP contribution in [0.25, 0.3) is 0 Å². The quantitative estimate of drug-likeness (QED) is 0.194. The van der Waals surface area contributed by atoms with Crippen molar-refractivity contribution in [1.82, 2.24) is 0 Å². The van der Waals surface area contributed by atoms with E-state index in [0.29, 0.717) is 43.5 Å². The van der Waals surface area contributed by atoms with Crippen LogP contribution in [-0.4, -0.2) is 70.2 Å². The largest absolute Gasteiger partial charge is 0.462 e. The number of esters is 2. The normalized spacial score (nSPS) is 34.1. The van der Waals surface area contributed by atoms with E-state index >= 15 is 0 Å². The molecular formula is C44H49N3O10. The molecular weight excluding hydrogens is 730 g/mol. The van der Waals surface area contributed by atoms with Crippen molar-refractivity contribution in [1.29, 1.82) is 0 Å². The molecule has 0 aromatic heterocycles. The summed E-state index contributed by atoms with van der Waals surface area (Å²) in [6, 6.07) is 12.7. The van der Waals surface area contributed by atoms with Gasteiger partial charge in [0.25, 0.3) is 17.7 Å². The number of anilines is 3. The van der Waals surface area contributed by atoms with Gasteiger partial charge < -0.3 is 30.3 Å². The van der Waals surface area contributed by atoms with Crippen LogP contribution in [0.3, 0.4) is 0 Å². The highest BCUT2D eigenvalue weighted by Gasteiger charge is 2.70. The molecule has 13 heteroatoms. The number of aliphatic hydroxyl groups excluding tert-OH is 1. The Labute approximate surface area is 330 Å². The molecule has 8 rings (SSSR count). The van der Waals surface area contributed by atoms with Crippen molar-refractivity contribution in [2.45, 2.75) is 95.9 Å².